The van der Waals surface area contributed by atoms with Gasteiger partial charge in [-0.3, -0.25) is 9.59 Å². The molecule has 0 radical (unpaired) electrons. The first-order valence-corrected chi connectivity index (χ1v) is 3.44. The highest BCUT2D eigenvalue weighted by Crippen LogP contribution is 2.41. The Morgan fingerprint density at radius 1 is 1.64 bits per heavy atom. The fourth-order valence-electron chi connectivity index (χ4n) is 1.07. The Kier molecular flexibility index (Phi) is 2.12. The van der Waals surface area contributed by atoms with E-state index in [1.165, 1.54) is 7.11 Å². The zero-order valence-electron chi connectivity index (χ0n) is 6.24. The van der Waals surface area contributed by atoms with E-state index in [0.717, 1.165) is 0 Å². The summed E-state index contributed by atoms with van der Waals surface area (Å²) in [6.45, 7) is 0. The number of rotatable bonds is 3. The summed E-state index contributed by atoms with van der Waals surface area (Å²) >= 11 is 0. The highest BCUT2D eigenvalue weighted by atomic mass is 16.5. The van der Waals surface area contributed by atoms with Gasteiger partial charge in [-0.2, -0.15) is 0 Å². The third kappa shape index (κ3) is 1.93. The van der Waals surface area contributed by atoms with Gasteiger partial charge in [-0.25, -0.2) is 0 Å². The first-order valence-electron chi connectivity index (χ1n) is 3.44. The topological polar surface area (TPSA) is 63.6 Å². The zero-order chi connectivity index (χ0) is 8.43. The molecule has 62 valence electrons. The number of hydrogen-bond acceptors (Lipinski definition) is 3. The molecule has 1 aliphatic rings. The molecule has 0 aliphatic heterocycles. The van der Waals surface area contributed by atoms with Crippen LogP contribution in [0, 0.1) is 11.8 Å². The second-order valence-corrected chi connectivity index (χ2v) is 2.72. The number of carbonyl (C=O) groups excluding carboxylic acids is 1. The van der Waals surface area contributed by atoms with Gasteiger partial charge in [0.05, 0.1) is 13.0 Å². The number of carboxylic acid groups (broad SMARTS) is 1. The molecule has 0 bridgehead atoms. The summed E-state index contributed by atoms with van der Waals surface area (Å²) in [6, 6.07) is 0. The second-order valence-electron chi connectivity index (χ2n) is 2.72. The average molecular weight is 158 g/mol. The molecule has 1 N–H and O–H groups in total. The van der Waals surface area contributed by atoms with Crippen molar-refractivity contribution in [2.24, 2.45) is 11.8 Å². The largest absolute Gasteiger partial charge is 0.481 e. The van der Waals surface area contributed by atoms with Crippen LogP contribution in [0.5, 0.6) is 0 Å². The summed E-state index contributed by atoms with van der Waals surface area (Å²) in [7, 11) is 1.31. The van der Waals surface area contributed by atoms with Gasteiger partial charge in [0.25, 0.3) is 0 Å². The van der Waals surface area contributed by atoms with Crippen LogP contribution in [0.2, 0.25) is 0 Å². The Bertz CT molecular complexity index is 187. The third-order valence-corrected chi connectivity index (χ3v) is 1.90. The van der Waals surface area contributed by atoms with Crippen molar-refractivity contribution < 1.29 is 19.4 Å². The van der Waals surface area contributed by atoms with Crippen LogP contribution >= 0.6 is 0 Å². The highest BCUT2D eigenvalue weighted by Gasteiger charge is 2.44. The molecule has 1 fully saturated rings. The Morgan fingerprint density at radius 2 is 2.27 bits per heavy atom. The number of esters is 1. The first kappa shape index (κ1) is 8.04. The van der Waals surface area contributed by atoms with Crippen molar-refractivity contribution in [2.45, 2.75) is 12.8 Å². The molecule has 0 heterocycles. The van der Waals surface area contributed by atoms with Gasteiger partial charge in [0.1, 0.15) is 0 Å². The SMILES string of the molecule is COC(=O)CC1CC1C(=O)O. The van der Waals surface area contributed by atoms with E-state index in [2.05, 4.69) is 4.74 Å². The number of aliphatic carboxylic acids is 1. The minimum absolute atomic E-state index is 0.0138. The van der Waals surface area contributed by atoms with E-state index >= 15 is 0 Å². The fraction of sp³-hybridized carbons (Fsp3) is 0.714. The van der Waals surface area contributed by atoms with Gasteiger partial charge in [0.15, 0.2) is 0 Å². The maximum Gasteiger partial charge on any atom is 0.306 e. The summed E-state index contributed by atoms with van der Waals surface area (Å²) in [5.74, 6) is -1.42. The van der Waals surface area contributed by atoms with Gasteiger partial charge in [0, 0.05) is 6.42 Å². The predicted molar refractivity (Wildman–Crippen MR) is 35.9 cm³/mol. The van der Waals surface area contributed by atoms with Crippen LogP contribution in [-0.2, 0) is 14.3 Å². The summed E-state index contributed by atoms with van der Waals surface area (Å²) in [5, 5.41) is 8.46. The maximum atomic E-state index is 10.6. The van der Waals surface area contributed by atoms with Crippen LogP contribution in [0.3, 0.4) is 0 Å². The molecule has 0 amide bonds. The lowest BCUT2D eigenvalue weighted by Gasteiger charge is -1.94. The van der Waals surface area contributed by atoms with Crippen LogP contribution in [0.4, 0.5) is 0 Å². The van der Waals surface area contributed by atoms with E-state index in [1.807, 2.05) is 0 Å². The molecule has 1 rings (SSSR count). The lowest BCUT2D eigenvalue weighted by molar-refractivity contribution is -0.141. The van der Waals surface area contributed by atoms with Gasteiger partial charge < -0.3 is 9.84 Å². The zero-order valence-corrected chi connectivity index (χ0v) is 6.24. The Labute approximate surface area is 64.2 Å². The Morgan fingerprint density at radius 3 is 2.64 bits per heavy atom. The molecular weight excluding hydrogens is 148 g/mol. The minimum atomic E-state index is -0.807. The number of hydrogen-bond donors (Lipinski definition) is 1. The normalized spacial score (nSPS) is 27.7. The first-order chi connectivity index (χ1) is 5.15. The molecule has 0 aromatic carbocycles. The number of carboxylic acids is 1. The van der Waals surface area contributed by atoms with Crippen molar-refractivity contribution in [3.63, 3.8) is 0 Å². The standard InChI is InChI=1S/C7H10O4/c1-11-6(8)3-4-2-5(4)7(9)10/h4-5H,2-3H2,1H3,(H,9,10). The van der Waals surface area contributed by atoms with E-state index in [0.29, 0.717) is 6.42 Å². The smallest absolute Gasteiger partial charge is 0.306 e. The molecule has 0 spiro atoms. The molecule has 0 aromatic rings. The average Bonchev–Trinajstić information content (AvgIpc) is 2.67. The predicted octanol–water partition coefficient (Wildman–Crippen LogP) is 0.270. The van der Waals surface area contributed by atoms with Crippen LogP contribution in [0.1, 0.15) is 12.8 Å². The lowest BCUT2D eigenvalue weighted by atomic mass is 10.2. The van der Waals surface area contributed by atoms with Gasteiger partial charge >= 0.3 is 11.9 Å². The molecule has 4 nitrogen and oxygen atoms in total. The molecule has 4 heteroatoms. The minimum Gasteiger partial charge on any atom is -0.481 e. The summed E-state index contributed by atoms with van der Waals surface area (Å²) in [6.07, 6.45) is 0.859. The van der Waals surface area contributed by atoms with E-state index in [1.54, 1.807) is 0 Å². The van der Waals surface area contributed by atoms with Crippen LogP contribution in [0.15, 0.2) is 0 Å². The fourth-order valence-corrected chi connectivity index (χ4v) is 1.07. The van der Waals surface area contributed by atoms with Crippen molar-refractivity contribution in [1.82, 2.24) is 0 Å². The van der Waals surface area contributed by atoms with E-state index in [-0.39, 0.29) is 24.2 Å². The molecule has 1 aliphatic carbocycles. The van der Waals surface area contributed by atoms with Crippen molar-refractivity contribution in [3.8, 4) is 0 Å². The highest BCUT2D eigenvalue weighted by molar-refractivity contribution is 5.76. The van der Waals surface area contributed by atoms with E-state index in [4.69, 9.17) is 5.11 Å². The van der Waals surface area contributed by atoms with Crippen molar-refractivity contribution in [1.29, 1.82) is 0 Å². The second kappa shape index (κ2) is 2.90. The van der Waals surface area contributed by atoms with Gasteiger partial charge in [-0.15, -0.1) is 0 Å². The van der Waals surface area contributed by atoms with Crippen LogP contribution in [0.25, 0.3) is 0 Å². The molecular formula is C7H10O4. The van der Waals surface area contributed by atoms with Gasteiger partial charge in [-0.1, -0.05) is 0 Å². The number of carbonyl (C=O) groups is 2. The molecule has 0 saturated heterocycles. The summed E-state index contributed by atoms with van der Waals surface area (Å²) < 4.78 is 4.40. The van der Waals surface area contributed by atoms with Gasteiger partial charge in [0.2, 0.25) is 0 Å². The van der Waals surface area contributed by atoms with Crippen LogP contribution < -0.4 is 0 Å². The lowest BCUT2D eigenvalue weighted by Crippen LogP contribution is -2.05. The third-order valence-electron chi connectivity index (χ3n) is 1.90. The monoisotopic (exact) mass is 158 g/mol. The number of methoxy groups -OCH3 is 1. The summed E-state index contributed by atoms with van der Waals surface area (Å²) in [5.41, 5.74) is 0. The van der Waals surface area contributed by atoms with Crippen molar-refractivity contribution >= 4 is 11.9 Å². The van der Waals surface area contributed by atoms with E-state index < -0.39 is 5.97 Å². The van der Waals surface area contributed by atoms with Crippen molar-refractivity contribution in [2.75, 3.05) is 7.11 Å². The quantitative estimate of drug-likeness (QED) is 0.599. The van der Waals surface area contributed by atoms with Gasteiger partial charge in [-0.05, 0) is 12.3 Å². The maximum absolute atomic E-state index is 10.6. The number of ether oxygens (including phenoxy) is 1. The molecule has 2 unspecified atom stereocenters. The van der Waals surface area contributed by atoms with Crippen molar-refractivity contribution in [3.05, 3.63) is 0 Å². The van der Waals surface area contributed by atoms with E-state index in [9.17, 15) is 9.59 Å². The van der Waals surface area contributed by atoms with Crippen LogP contribution in [-0.4, -0.2) is 24.2 Å². The molecule has 2 atom stereocenters. The molecule has 1 saturated carbocycles. The summed E-state index contributed by atoms with van der Waals surface area (Å²) in [4.78, 5) is 20.9. The molecule has 0 aromatic heterocycles. The Hall–Kier alpha value is -1.06. The Balaban J connectivity index is 2.23. The molecule has 11 heavy (non-hydrogen) atoms.